The molecule has 0 radical (unpaired) electrons. The van der Waals surface area contributed by atoms with Crippen molar-refractivity contribution in [1.29, 1.82) is 0 Å². The molecule has 0 bridgehead atoms. The maximum atomic E-state index is 12.7. The number of carbonyl (C=O) groups excluding carboxylic acids is 2. The van der Waals surface area contributed by atoms with Crippen LogP contribution in [-0.2, 0) is 13.0 Å². The number of furan rings is 1. The van der Waals surface area contributed by atoms with E-state index < -0.39 is 0 Å². The van der Waals surface area contributed by atoms with Crippen LogP contribution in [0.5, 0.6) is 5.75 Å². The van der Waals surface area contributed by atoms with Crippen LogP contribution in [0.25, 0.3) is 0 Å². The number of carbonyl (C=O) groups is 2. The number of rotatable bonds is 5. The van der Waals surface area contributed by atoms with E-state index in [1.54, 1.807) is 17.0 Å². The summed E-state index contributed by atoms with van der Waals surface area (Å²) >= 11 is 1.37. The third-order valence-electron chi connectivity index (χ3n) is 4.41. The van der Waals surface area contributed by atoms with E-state index in [4.69, 9.17) is 9.15 Å². The molecule has 2 aromatic heterocycles. The topological polar surface area (TPSA) is 96.7 Å². The minimum Gasteiger partial charge on any atom is -0.492 e. The molecule has 4 rings (SSSR count). The second-order valence-electron chi connectivity index (χ2n) is 6.35. The molecule has 2 N–H and O–H groups in total. The summed E-state index contributed by atoms with van der Waals surface area (Å²) in [5.74, 6) is 0.525. The highest BCUT2D eigenvalue weighted by molar-refractivity contribution is 7.15. The molecule has 0 aliphatic carbocycles. The molecule has 0 saturated heterocycles. The number of amides is 3. The predicted octanol–water partition coefficient (Wildman–Crippen LogP) is 3.98. The van der Waals surface area contributed by atoms with Crippen molar-refractivity contribution in [3.63, 3.8) is 0 Å². The smallest absolute Gasteiger partial charge is 0.322 e. The number of nitrogens with zero attached hydrogens (tertiary/aromatic N) is 2. The van der Waals surface area contributed by atoms with Gasteiger partial charge in [0.25, 0.3) is 5.91 Å². The van der Waals surface area contributed by atoms with Crippen molar-refractivity contribution in [1.82, 2.24) is 9.88 Å². The number of hydrogen-bond donors (Lipinski definition) is 2. The van der Waals surface area contributed by atoms with Crippen molar-refractivity contribution in [2.45, 2.75) is 19.9 Å². The number of nitrogens with one attached hydrogen (secondary N) is 2. The van der Waals surface area contributed by atoms with E-state index in [0.29, 0.717) is 42.7 Å². The number of para-hydroxylation sites is 2. The molecule has 29 heavy (non-hydrogen) atoms. The average Bonchev–Trinajstić information content (AvgIpc) is 3.38. The van der Waals surface area contributed by atoms with Gasteiger partial charge in [-0.15, -0.1) is 0 Å². The Morgan fingerprint density at radius 3 is 2.90 bits per heavy atom. The lowest BCUT2D eigenvalue weighted by atomic mass is 10.2. The summed E-state index contributed by atoms with van der Waals surface area (Å²) in [5, 5.41) is 6.16. The van der Waals surface area contributed by atoms with Gasteiger partial charge in [0.1, 0.15) is 5.75 Å². The van der Waals surface area contributed by atoms with Crippen LogP contribution >= 0.6 is 11.3 Å². The normalized spacial score (nSPS) is 12.9. The lowest BCUT2D eigenvalue weighted by Gasteiger charge is -2.26. The molecule has 8 nitrogen and oxygen atoms in total. The third-order valence-corrected chi connectivity index (χ3v) is 5.41. The first-order valence-electron chi connectivity index (χ1n) is 9.25. The number of fused-ring (bicyclic) bond motifs is 1. The van der Waals surface area contributed by atoms with E-state index >= 15 is 0 Å². The number of aromatic nitrogens is 1. The lowest BCUT2D eigenvalue weighted by molar-refractivity contribution is 0.0996. The quantitative estimate of drug-likeness (QED) is 0.661. The molecule has 0 spiro atoms. The summed E-state index contributed by atoms with van der Waals surface area (Å²) in [6.07, 6.45) is 2.07. The van der Waals surface area contributed by atoms with Crippen molar-refractivity contribution in [2.24, 2.45) is 0 Å². The molecule has 0 fully saturated rings. The highest BCUT2D eigenvalue weighted by atomic mass is 32.1. The molecule has 0 atom stereocenters. The van der Waals surface area contributed by atoms with E-state index in [2.05, 4.69) is 15.6 Å². The Morgan fingerprint density at radius 2 is 2.10 bits per heavy atom. The van der Waals surface area contributed by atoms with Crippen LogP contribution in [-0.4, -0.2) is 35.0 Å². The Kier molecular flexibility index (Phi) is 5.48. The first-order valence-corrected chi connectivity index (χ1v) is 10.1. The van der Waals surface area contributed by atoms with Gasteiger partial charge in [-0.1, -0.05) is 23.5 Å². The zero-order valence-electron chi connectivity index (χ0n) is 15.8. The Balaban J connectivity index is 1.41. The molecule has 3 amide bonds. The van der Waals surface area contributed by atoms with Gasteiger partial charge in [-0.25, -0.2) is 9.78 Å². The van der Waals surface area contributed by atoms with E-state index in [-0.39, 0.29) is 17.7 Å². The van der Waals surface area contributed by atoms with E-state index in [1.165, 1.54) is 17.6 Å². The summed E-state index contributed by atoms with van der Waals surface area (Å²) in [6, 6.07) is 10.4. The SMILES string of the molecule is CCOc1ccccc1NC(=O)N1CCc2nc(NC(=O)c3ccco3)sc2C1. The Morgan fingerprint density at radius 1 is 1.24 bits per heavy atom. The van der Waals surface area contributed by atoms with Crippen molar-refractivity contribution in [3.8, 4) is 5.75 Å². The summed E-state index contributed by atoms with van der Waals surface area (Å²) in [6.45, 7) is 3.40. The Labute approximate surface area is 171 Å². The molecule has 3 aromatic rings. The van der Waals surface area contributed by atoms with Crippen molar-refractivity contribution in [2.75, 3.05) is 23.8 Å². The summed E-state index contributed by atoms with van der Waals surface area (Å²) in [7, 11) is 0. The van der Waals surface area contributed by atoms with Crippen molar-refractivity contribution in [3.05, 3.63) is 59.0 Å². The van der Waals surface area contributed by atoms with Gasteiger partial charge in [-0.2, -0.15) is 0 Å². The largest absolute Gasteiger partial charge is 0.492 e. The summed E-state index contributed by atoms with van der Waals surface area (Å²) in [5.41, 5.74) is 1.55. The summed E-state index contributed by atoms with van der Waals surface area (Å²) < 4.78 is 10.7. The number of anilines is 2. The highest BCUT2D eigenvalue weighted by Gasteiger charge is 2.25. The van der Waals surface area contributed by atoms with Gasteiger partial charge in [0.2, 0.25) is 0 Å². The van der Waals surface area contributed by atoms with E-state index in [9.17, 15) is 9.59 Å². The minimum absolute atomic E-state index is 0.197. The maximum Gasteiger partial charge on any atom is 0.322 e. The number of hydrogen-bond acceptors (Lipinski definition) is 6. The third kappa shape index (κ3) is 4.24. The molecule has 9 heteroatoms. The van der Waals surface area contributed by atoms with Gasteiger partial charge >= 0.3 is 6.03 Å². The first kappa shape index (κ1) is 19.0. The fourth-order valence-corrected chi connectivity index (χ4v) is 4.05. The zero-order chi connectivity index (χ0) is 20.2. The van der Waals surface area contributed by atoms with Gasteiger partial charge in [0, 0.05) is 17.8 Å². The van der Waals surface area contributed by atoms with Crippen LogP contribution in [0.3, 0.4) is 0 Å². The van der Waals surface area contributed by atoms with Crippen LogP contribution in [0.15, 0.2) is 47.1 Å². The first-order chi connectivity index (χ1) is 14.1. The molecular weight excluding hydrogens is 392 g/mol. The Bertz CT molecular complexity index is 1020. The van der Waals surface area contributed by atoms with E-state index in [1.807, 2.05) is 31.2 Å². The van der Waals surface area contributed by atoms with Crippen LogP contribution in [0.2, 0.25) is 0 Å². The monoisotopic (exact) mass is 412 g/mol. The van der Waals surface area contributed by atoms with Crippen LogP contribution in [0.4, 0.5) is 15.6 Å². The van der Waals surface area contributed by atoms with Gasteiger partial charge < -0.3 is 19.4 Å². The molecular formula is C20H20N4O4S. The van der Waals surface area contributed by atoms with Crippen LogP contribution in [0.1, 0.15) is 28.0 Å². The molecule has 150 valence electrons. The highest BCUT2D eigenvalue weighted by Crippen LogP contribution is 2.30. The zero-order valence-corrected chi connectivity index (χ0v) is 16.6. The fraction of sp³-hybridized carbons (Fsp3) is 0.250. The van der Waals surface area contributed by atoms with Crippen LogP contribution in [0, 0.1) is 0 Å². The molecule has 1 aliphatic heterocycles. The van der Waals surface area contributed by atoms with Crippen molar-refractivity contribution >= 4 is 34.1 Å². The van der Waals surface area contributed by atoms with Crippen molar-refractivity contribution < 1.29 is 18.7 Å². The second-order valence-corrected chi connectivity index (χ2v) is 7.43. The molecule has 1 aromatic carbocycles. The standard InChI is InChI=1S/C20H20N4O4S/c1-2-27-15-7-4-3-6-13(15)22-20(26)24-10-9-14-17(12-24)29-19(21-14)23-18(25)16-8-5-11-28-16/h3-8,11H,2,9-10,12H2,1H3,(H,22,26)(H,21,23,25). The second kappa shape index (κ2) is 8.36. The molecule has 1 aliphatic rings. The van der Waals surface area contributed by atoms with E-state index in [0.717, 1.165) is 10.6 Å². The minimum atomic E-state index is -0.344. The predicted molar refractivity (Wildman–Crippen MR) is 110 cm³/mol. The Hall–Kier alpha value is -3.33. The maximum absolute atomic E-state index is 12.7. The molecule has 3 heterocycles. The fourth-order valence-electron chi connectivity index (χ4n) is 3.03. The molecule has 0 unspecified atom stereocenters. The number of benzene rings is 1. The number of urea groups is 1. The number of thiazole rings is 1. The lowest BCUT2D eigenvalue weighted by Crippen LogP contribution is -2.38. The average molecular weight is 412 g/mol. The van der Waals surface area contributed by atoms with Gasteiger partial charge in [0.15, 0.2) is 10.9 Å². The van der Waals surface area contributed by atoms with Gasteiger partial charge in [-0.05, 0) is 31.2 Å². The summed E-state index contributed by atoms with van der Waals surface area (Å²) in [4.78, 5) is 32.0. The van der Waals surface area contributed by atoms with Gasteiger partial charge in [0.05, 0.1) is 30.8 Å². The number of ether oxygens (including phenoxy) is 1. The van der Waals surface area contributed by atoms with Gasteiger partial charge in [-0.3, -0.25) is 10.1 Å². The van der Waals surface area contributed by atoms with Crippen LogP contribution < -0.4 is 15.4 Å². The molecule has 0 saturated carbocycles.